The SMILES string of the molecule is CC1(C)C[C@H](CCC(Nc2cccc(S(=O)(=O)NC(=O)c3cc(Br)c(C(C)(C)C)cc3F)n2)c2cc(C(C)(C)C)ccn2)CN1. The lowest BCUT2D eigenvalue weighted by atomic mass is 9.86. The lowest BCUT2D eigenvalue weighted by Crippen LogP contribution is -2.32. The number of aromatic nitrogens is 2. The monoisotopic (exact) mass is 701 g/mol. The minimum atomic E-state index is -4.42. The fourth-order valence-electron chi connectivity index (χ4n) is 5.64. The summed E-state index contributed by atoms with van der Waals surface area (Å²) in [6.45, 7) is 17.5. The molecule has 1 amide bonds. The number of halogens is 2. The maximum absolute atomic E-state index is 15.0. The summed E-state index contributed by atoms with van der Waals surface area (Å²) in [5.41, 5.74) is 1.89. The van der Waals surface area contributed by atoms with Crippen LogP contribution in [0.4, 0.5) is 10.2 Å². The average molecular weight is 703 g/mol. The number of hydrogen-bond acceptors (Lipinski definition) is 7. The lowest BCUT2D eigenvalue weighted by molar-refractivity contribution is 0.0977. The van der Waals surface area contributed by atoms with Gasteiger partial charge >= 0.3 is 0 Å². The van der Waals surface area contributed by atoms with Crippen molar-refractivity contribution in [3.05, 3.63) is 81.3 Å². The first-order chi connectivity index (χ1) is 20.7. The molecule has 1 unspecified atom stereocenters. The average Bonchev–Trinajstić information content (AvgIpc) is 3.29. The van der Waals surface area contributed by atoms with Crippen molar-refractivity contribution in [1.29, 1.82) is 0 Å². The van der Waals surface area contributed by atoms with E-state index in [4.69, 9.17) is 0 Å². The number of rotatable bonds is 9. The number of carbonyl (C=O) groups excluding carboxylic acids is 1. The summed E-state index contributed by atoms with van der Waals surface area (Å²) in [5.74, 6) is -1.06. The van der Waals surface area contributed by atoms with Crippen LogP contribution in [0.3, 0.4) is 0 Å². The van der Waals surface area contributed by atoms with Gasteiger partial charge < -0.3 is 10.6 Å². The van der Waals surface area contributed by atoms with Gasteiger partial charge in [0.15, 0.2) is 5.03 Å². The Kier molecular flexibility index (Phi) is 10.2. The van der Waals surface area contributed by atoms with Gasteiger partial charge in [0, 0.05) is 16.2 Å². The minimum Gasteiger partial charge on any atom is -0.362 e. The quantitative estimate of drug-likeness (QED) is 0.213. The highest BCUT2D eigenvalue weighted by Gasteiger charge is 2.31. The van der Waals surface area contributed by atoms with Gasteiger partial charge in [-0.1, -0.05) is 63.5 Å². The summed E-state index contributed by atoms with van der Waals surface area (Å²) in [4.78, 5) is 22.0. The van der Waals surface area contributed by atoms with Gasteiger partial charge in [0.1, 0.15) is 11.6 Å². The van der Waals surface area contributed by atoms with E-state index in [0.29, 0.717) is 21.8 Å². The molecule has 0 radical (unpaired) electrons. The molecule has 0 saturated carbocycles. The second kappa shape index (κ2) is 13.1. The van der Waals surface area contributed by atoms with E-state index in [-0.39, 0.29) is 33.0 Å². The fourth-order valence-corrected chi connectivity index (χ4v) is 7.51. The Bertz CT molecular complexity index is 1660. The van der Waals surface area contributed by atoms with Crippen molar-refractivity contribution in [1.82, 2.24) is 20.0 Å². The number of benzene rings is 1. The van der Waals surface area contributed by atoms with Gasteiger partial charge in [-0.15, -0.1) is 0 Å². The summed E-state index contributed by atoms with van der Waals surface area (Å²) in [6, 6.07) is 11.0. The third-order valence-corrected chi connectivity index (χ3v) is 10.1. The van der Waals surface area contributed by atoms with E-state index >= 15 is 0 Å². The Morgan fingerprint density at radius 3 is 2.44 bits per heavy atom. The van der Waals surface area contributed by atoms with Crippen molar-refractivity contribution in [2.45, 2.75) is 102 Å². The van der Waals surface area contributed by atoms with Gasteiger partial charge in [-0.25, -0.2) is 14.1 Å². The predicted octanol–water partition coefficient (Wildman–Crippen LogP) is 7.41. The summed E-state index contributed by atoms with van der Waals surface area (Å²) >= 11 is 3.39. The zero-order valence-electron chi connectivity index (χ0n) is 27.4. The van der Waals surface area contributed by atoms with E-state index in [1.807, 2.05) is 31.6 Å². The van der Waals surface area contributed by atoms with Crippen LogP contribution in [0.2, 0.25) is 0 Å². The molecule has 1 fully saturated rings. The summed E-state index contributed by atoms with van der Waals surface area (Å²) in [7, 11) is -4.42. The molecular weight excluding hydrogens is 657 g/mol. The molecule has 1 aliphatic rings. The molecule has 0 spiro atoms. The second-order valence-electron chi connectivity index (χ2n) is 14.7. The van der Waals surface area contributed by atoms with Crippen molar-refractivity contribution in [3.63, 3.8) is 0 Å². The van der Waals surface area contributed by atoms with Crippen LogP contribution in [0, 0.1) is 11.7 Å². The molecule has 0 aliphatic carbocycles. The van der Waals surface area contributed by atoms with Crippen molar-refractivity contribution >= 4 is 37.7 Å². The Hall–Kier alpha value is -2.89. The standard InChI is InChI=1S/C34H45BrFN5O3S/c1-32(2,3)22-14-15-37-28(16-22)27(13-12-21-19-34(7,8)38-20-21)39-29-10-9-11-30(40-29)45(43,44)41-31(42)23-17-25(35)24(18-26(23)36)33(4,5)6/h9-11,14-18,21,27,38H,12-13,19-20H2,1-8H3,(H,39,40)(H,41,42)/t21-,27?/m0/s1. The van der Waals surface area contributed by atoms with Crippen LogP contribution in [0.15, 0.2) is 58.2 Å². The van der Waals surface area contributed by atoms with Crippen LogP contribution in [-0.2, 0) is 20.9 Å². The van der Waals surface area contributed by atoms with Crippen LogP contribution >= 0.6 is 15.9 Å². The molecule has 1 aliphatic heterocycles. The van der Waals surface area contributed by atoms with Gasteiger partial charge in [-0.2, -0.15) is 8.42 Å². The van der Waals surface area contributed by atoms with Crippen LogP contribution in [0.1, 0.15) is 108 Å². The van der Waals surface area contributed by atoms with Crippen LogP contribution in [0.5, 0.6) is 0 Å². The molecule has 3 aromatic rings. The third-order valence-electron chi connectivity index (χ3n) is 8.19. The number of pyridine rings is 2. The first kappa shape index (κ1) is 35.0. The molecular formula is C34H45BrFN5O3S. The first-order valence-electron chi connectivity index (χ1n) is 15.3. The molecule has 3 heterocycles. The Labute approximate surface area is 275 Å². The molecule has 244 valence electrons. The first-order valence-corrected chi connectivity index (χ1v) is 17.5. The van der Waals surface area contributed by atoms with E-state index in [9.17, 15) is 17.6 Å². The van der Waals surface area contributed by atoms with E-state index in [0.717, 1.165) is 37.1 Å². The molecule has 1 saturated heterocycles. The Morgan fingerprint density at radius 1 is 1.11 bits per heavy atom. The van der Waals surface area contributed by atoms with Crippen molar-refractivity contribution < 1.29 is 17.6 Å². The number of nitrogens with one attached hydrogen (secondary N) is 3. The molecule has 2 aromatic heterocycles. The molecule has 11 heteroatoms. The van der Waals surface area contributed by atoms with E-state index in [1.165, 1.54) is 18.2 Å². The van der Waals surface area contributed by atoms with Crippen molar-refractivity contribution in [2.24, 2.45) is 5.92 Å². The van der Waals surface area contributed by atoms with Crippen molar-refractivity contribution in [3.8, 4) is 0 Å². The topological polar surface area (TPSA) is 113 Å². The number of hydrogen-bond donors (Lipinski definition) is 3. The normalized spacial score (nSPS) is 17.6. The predicted molar refractivity (Wildman–Crippen MR) is 180 cm³/mol. The number of anilines is 1. The highest BCUT2D eigenvalue weighted by molar-refractivity contribution is 9.10. The van der Waals surface area contributed by atoms with E-state index < -0.39 is 21.7 Å². The summed E-state index contributed by atoms with van der Waals surface area (Å²) in [5, 5.41) is 6.64. The smallest absolute Gasteiger partial charge is 0.281 e. The third kappa shape index (κ3) is 8.89. The van der Waals surface area contributed by atoms with Crippen molar-refractivity contribution in [2.75, 3.05) is 11.9 Å². The van der Waals surface area contributed by atoms with Gasteiger partial charge in [0.2, 0.25) is 0 Å². The number of sulfonamides is 1. The van der Waals surface area contributed by atoms with Crippen LogP contribution in [0.25, 0.3) is 0 Å². The van der Waals surface area contributed by atoms with Gasteiger partial charge in [0.25, 0.3) is 15.9 Å². The molecule has 1 aromatic carbocycles. The largest absolute Gasteiger partial charge is 0.362 e. The Morgan fingerprint density at radius 2 is 1.82 bits per heavy atom. The molecule has 0 bridgehead atoms. The molecule has 4 rings (SSSR count). The van der Waals surface area contributed by atoms with E-state index in [1.54, 1.807) is 18.3 Å². The number of nitrogens with zero attached hydrogens (tertiary/aromatic N) is 2. The highest BCUT2D eigenvalue weighted by Crippen LogP contribution is 2.33. The molecule has 8 nitrogen and oxygen atoms in total. The fraction of sp³-hybridized carbons (Fsp3) is 0.500. The van der Waals surface area contributed by atoms with Gasteiger partial charge in [-0.3, -0.25) is 9.78 Å². The summed E-state index contributed by atoms with van der Waals surface area (Å²) in [6.07, 6.45) is 4.58. The van der Waals surface area contributed by atoms with Gasteiger partial charge in [0.05, 0.1) is 17.3 Å². The number of amides is 1. The van der Waals surface area contributed by atoms with Crippen LogP contribution < -0.4 is 15.4 Å². The molecule has 3 N–H and O–H groups in total. The highest BCUT2D eigenvalue weighted by atomic mass is 79.9. The lowest BCUT2D eigenvalue weighted by Gasteiger charge is -2.24. The molecule has 45 heavy (non-hydrogen) atoms. The van der Waals surface area contributed by atoms with Gasteiger partial charge in [-0.05, 0) is 104 Å². The van der Waals surface area contributed by atoms with E-state index in [2.05, 4.69) is 77.2 Å². The minimum absolute atomic E-state index is 0.0752. The second-order valence-corrected chi connectivity index (χ2v) is 17.2. The number of carbonyl (C=O) groups is 1. The zero-order chi connectivity index (χ0) is 33.4. The Balaban J connectivity index is 1.58. The summed E-state index contributed by atoms with van der Waals surface area (Å²) < 4.78 is 44.0. The van der Waals surface area contributed by atoms with Crippen LogP contribution in [-0.4, -0.2) is 36.4 Å². The zero-order valence-corrected chi connectivity index (χ0v) is 29.8. The maximum Gasteiger partial charge on any atom is 0.281 e. The maximum atomic E-state index is 15.0. The molecule has 2 atom stereocenters.